The number of carbonyl (C=O) groups is 1. The van der Waals surface area contributed by atoms with Crippen molar-refractivity contribution in [2.75, 3.05) is 0 Å². The van der Waals surface area contributed by atoms with Crippen molar-refractivity contribution in [2.24, 2.45) is 0 Å². The standard InChI is InChI=1S/C14H10N4O/c19-13-4-2-9-5-10(1-3-11(9)13)12-6-16-14-7-15-8-17-18(12)14/h1,3,5-8H,2,4H2. The number of hydrogen-bond donors (Lipinski definition) is 0. The Labute approximate surface area is 108 Å². The number of imidazole rings is 1. The molecule has 0 unspecified atom stereocenters. The highest BCUT2D eigenvalue weighted by atomic mass is 16.1. The Morgan fingerprint density at radius 3 is 3.05 bits per heavy atom. The van der Waals surface area contributed by atoms with Gasteiger partial charge in [-0.3, -0.25) is 4.79 Å². The molecule has 0 saturated carbocycles. The fourth-order valence-corrected chi connectivity index (χ4v) is 2.56. The van der Waals surface area contributed by atoms with E-state index in [4.69, 9.17) is 0 Å². The van der Waals surface area contributed by atoms with Crippen molar-refractivity contribution in [3.8, 4) is 11.3 Å². The Morgan fingerprint density at radius 1 is 1.16 bits per heavy atom. The van der Waals surface area contributed by atoms with Crippen molar-refractivity contribution in [2.45, 2.75) is 12.8 Å². The maximum Gasteiger partial charge on any atom is 0.172 e. The first kappa shape index (κ1) is 10.4. The number of Topliss-reactive ketones (excluding diaryl/α,β-unsaturated/α-hetero) is 1. The van der Waals surface area contributed by atoms with Crippen LogP contribution in [0.15, 0.2) is 36.9 Å². The zero-order valence-corrected chi connectivity index (χ0v) is 10.1. The van der Waals surface area contributed by atoms with Gasteiger partial charge in [0.1, 0.15) is 6.33 Å². The Balaban J connectivity index is 1.91. The molecule has 3 aromatic rings. The van der Waals surface area contributed by atoms with Gasteiger partial charge in [0.2, 0.25) is 0 Å². The molecule has 0 saturated heterocycles. The topological polar surface area (TPSA) is 60.2 Å². The molecule has 1 aliphatic rings. The second-order valence-corrected chi connectivity index (χ2v) is 4.62. The Bertz CT molecular complexity index is 806. The lowest BCUT2D eigenvalue weighted by atomic mass is 10.0. The van der Waals surface area contributed by atoms with E-state index in [2.05, 4.69) is 21.1 Å². The molecule has 0 N–H and O–H groups in total. The van der Waals surface area contributed by atoms with Crippen molar-refractivity contribution in [1.29, 1.82) is 0 Å². The van der Waals surface area contributed by atoms with Crippen LogP contribution in [-0.2, 0) is 6.42 Å². The van der Waals surface area contributed by atoms with Gasteiger partial charge in [-0.15, -0.1) is 0 Å². The van der Waals surface area contributed by atoms with Crippen LogP contribution >= 0.6 is 0 Å². The number of ketones is 1. The summed E-state index contributed by atoms with van der Waals surface area (Å²) in [5.41, 5.74) is 4.63. The fourth-order valence-electron chi connectivity index (χ4n) is 2.56. The largest absolute Gasteiger partial charge is 0.294 e. The summed E-state index contributed by atoms with van der Waals surface area (Å²) in [4.78, 5) is 19.9. The van der Waals surface area contributed by atoms with Crippen molar-refractivity contribution in [1.82, 2.24) is 19.6 Å². The second kappa shape index (κ2) is 3.71. The molecule has 19 heavy (non-hydrogen) atoms. The van der Waals surface area contributed by atoms with Gasteiger partial charge >= 0.3 is 0 Å². The summed E-state index contributed by atoms with van der Waals surface area (Å²) in [6.07, 6.45) is 6.40. The lowest BCUT2D eigenvalue weighted by Gasteiger charge is -2.03. The van der Waals surface area contributed by atoms with Gasteiger partial charge in [-0.1, -0.05) is 12.1 Å². The first-order valence-electron chi connectivity index (χ1n) is 6.13. The molecule has 1 aromatic carbocycles. The van der Waals surface area contributed by atoms with Crippen molar-refractivity contribution in [3.05, 3.63) is 48.0 Å². The summed E-state index contributed by atoms with van der Waals surface area (Å²) in [5, 5.41) is 4.20. The number of aryl methyl sites for hydroxylation is 1. The van der Waals surface area contributed by atoms with E-state index in [1.807, 2.05) is 12.1 Å². The summed E-state index contributed by atoms with van der Waals surface area (Å²) in [6.45, 7) is 0. The van der Waals surface area contributed by atoms with Crippen LogP contribution in [0.3, 0.4) is 0 Å². The number of fused-ring (bicyclic) bond motifs is 2. The minimum Gasteiger partial charge on any atom is -0.294 e. The summed E-state index contributed by atoms with van der Waals surface area (Å²) < 4.78 is 1.76. The second-order valence-electron chi connectivity index (χ2n) is 4.62. The maximum atomic E-state index is 11.6. The van der Waals surface area contributed by atoms with Crippen LogP contribution in [0.1, 0.15) is 22.3 Å². The van der Waals surface area contributed by atoms with E-state index in [1.54, 1.807) is 16.9 Å². The lowest BCUT2D eigenvalue weighted by Crippen LogP contribution is -1.95. The number of nitrogens with zero attached hydrogens (tertiary/aromatic N) is 4. The lowest BCUT2D eigenvalue weighted by molar-refractivity contribution is 0.0994. The summed E-state index contributed by atoms with van der Waals surface area (Å²) in [7, 11) is 0. The van der Waals surface area contributed by atoms with E-state index in [1.165, 1.54) is 6.33 Å². The zero-order chi connectivity index (χ0) is 12.8. The van der Waals surface area contributed by atoms with Gasteiger partial charge in [0.05, 0.1) is 18.1 Å². The first-order chi connectivity index (χ1) is 9.33. The highest BCUT2D eigenvalue weighted by Gasteiger charge is 2.20. The smallest absolute Gasteiger partial charge is 0.172 e. The highest BCUT2D eigenvalue weighted by Crippen LogP contribution is 2.28. The maximum absolute atomic E-state index is 11.6. The van der Waals surface area contributed by atoms with Crippen LogP contribution in [0.4, 0.5) is 0 Å². The quantitative estimate of drug-likeness (QED) is 0.662. The van der Waals surface area contributed by atoms with E-state index in [0.717, 1.165) is 28.8 Å². The fraction of sp³-hybridized carbons (Fsp3) is 0.143. The molecule has 0 bridgehead atoms. The molecule has 4 rings (SSSR count). The molecule has 1 aliphatic carbocycles. The normalized spacial score (nSPS) is 14.0. The predicted octanol–water partition coefficient (Wildman–Crippen LogP) is 1.92. The molecule has 0 fully saturated rings. The SMILES string of the molecule is O=C1CCc2cc(-c3cnc4cncnn34)ccc21. The Kier molecular flexibility index (Phi) is 2.03. The molecule has 0 amide bonds. The van der Waals surface area contributed by atoms with Crippen LogP contribution in [0.5, 0.6) is 0 Å². The minimum absolute atomic E-state index is 0.238. The molecule has 5 nitrogen and oxygen atoms in total. The van der Waals surface area contributed by atoms with Crippen LogP contribution in [0, 0.1) is 0 Å². The van der Waals surface area contributed by atoms with Gasteiger partial charge in [0.15, 0.2) is 11.4 Å². The molecule has 2 aromatic heterocycles. The van der Waals surface area contributed by atoms with E-state index < -0.39 is 0 Å². The summed E-state index contributed by atoms with van der Waals surface area (Å²) >= 11 is 0. The van der Waals surface area contributed by atoms with Crippen LogP contribution in [0.2, 0.25) is 0 Å². The van der Waals surface area contributed by atoms with Gasteiger partial charge in [0.25, 0.3) is 0 Å². The van der Waals surface area contributed by atoms with E-state index in [-0.39, 0.29) is 5.78 Å². The van der Waals surface area contributed by atoms with Gasteiger partial charge in [-0.2, -0.15) is 5.10 Å². The zero-order valence-electron chi connectivity index (χ0n) is 10.1. The number of rotatable bonds is 1. The average molecular weight is 250 g/mol. The van der Waals surface area contributed by atoms with E-state index in [0.29, 0.717) is 12.1 Å². The van der Waals surface area contributed by atoms with Gasteiger partial charge in [-0.25, -0.2) is 14.5 Å². The molecule has 92 valence electrons. The summed E-state index contributed by atoms with van der Waals surface area (Å²) in [6, 6.07) is 5.92. The predicted molar refractivity (Wildman–Crippen MR) is 68.9 cm³/mol. The van der Waals surface area contributed by atoms with E-state index in [9.17, 15) is 4.79 Å². The van der Waals surface area contributed by atoms with Crippen LogP contribution in [0.25, 0.3) is 16.9 Å². The molecular formula is C14H10N4O. The number of aromatic nitrogens is 4. The molecule has 5 heteroatoms. The minimum atomic E-state index is 0.238. The van der Waals surface area contributed by atoms with Gasteiger partial charge in [-0.05, 0) is 18.1 Å². The average Bonchev–Trinajstić information content (AvgIpc) is 3.03. The third-order valence-corrected chi connectivity index (χ3v) is 3.51. The number of benzene rings is 1. The van der Waals surface area contributed by atoms with Crippen molar-refractivity contribution >= 4 is 11.4 Å². The monoisotopic (exact) mass is 250 g/mol. The van der Waals surface area contributed by atoms with Gasteiger partial charge in [0, 0.05) is 17.5 Å². The van der Waals surface area contributed by atoms with Crippen LogP contribution < -0.4 is 0 Å². The first-order valence-corrected chi connectivity index (χ1v) is 6.13. The Hall–Kier alpha value is -2.56. The molecule has 0 aliphatic heterocycles. The molecule has 0 spiro atoms. The summed E-state index contributed by atoms with van der Waals surface area (Å²) in [5.74, 6) is 0.238. The van der Waals surface area contributed by atoms with Crippen molar-refractivity contribution in [3.63, 3.8) is 0 Å². The molecule has 0 radical (unpaired) electrons. The third-order valence-electron chi connectivity index (χ3n) is 3.51. The van der Waals surface area contributed by atoms with Crippen LogP contribution in [-0.4, -0.2) is 25.4 Å². The van der Waals surface area contributed by atoms with E-state index >= 15 is 0 Å². The third kappa shape index (κ3) is 1.48. The Morgan fingerprint density at radius 2 is 2.11 bits per heavy atom. The van der Waals surface area contributed by atoms with Crippen molar-refractivity contribution < 1.29 is 4.79 Å². The molecular weight excluding hydrogens is 240 g/mol. The highest BCUT2D eigenvalue weighted by molar-refractivity contribution is 6.00. The van der Waals surface area contributed by atoms with Gasteiger partial charge < -0.3 is 0 Å². The number of carbonyl (C=O) groups excluding carboxylic acids is 1. The number of hydrogen-bond acceptors (Lipinski definition) is 4. The molecule has 0 atom stereocenters. The molecule has 2 heterocycles.